The molecule has 0 radical (unpaired) electrons. The number of hydrogen-bond acceptors (Lipinski definition) is 4. The van der Waals surface area contributed by atoms with Crippen molar-refractivity contribution in [1.29, 1.82) is 0 Å². The van der Waals surface area contributed by atoms with Gasteiger partial charge in [0.2, 0.25) is 0 Å². The minimum absolute atomic E-state index is 0.0708. The highest BCUT2D eigenvalue weighted by Gasteiger charge is 2.43. The highest BCUT2D eigenvalue weighted by atomic mass is 35.5. The van der Waals surface area contributed by atoms with E-state index in [-0.39, 0.29) is 28.5 Å². The lowest BCUT2D eigenvalue weighted by molar-refractivity contribution is -0.385. The molecule has 0 amide bonds. The number of hydrogen-bond donors (Lipinski definition) is 1. The SMILES string of the molecule is COc1ccc([N+](=O)[O-])c2c1N[C@H](c1ccc(Cl)cc1Cl)[C@@H]1CC=C[C@@H]21. The van der Waals surface area contributed by atoms with Crippen LogP contribution in [0.1, 0.15) is 29.5 Å². The lowest BCUT2D eigenvalue weighted by atomic mass is 9.76. The Morgan fingerprint density at radius 1 is 1.27 bits per heavy atom. The fourth-order valence-corrected chi connectivity index (χ4v) is 4.58. The van der Waals surface area contributed by atoms with Crippen LogP contribution in [0.2, 0.25) is 10.0 Å². The van der Waals surface area contributed by atoms with Crippen LogP contribution in [0.15, 0.2) is 42.5 Å². The zero-order chi connectivity index (χ0) is 18.4. The number of fused-ring (bicyclic) bond motifs is 3. The fourth-order valence-electron chi connectivity index (χ4n) is 4.05. The van der Waals surface area contributed by atoms with E-state index in [9.17, 15) is 10.1 Å². The third-order valence-electron chi connectivity index (χ3n) is 5.17. The van der Waals surface area contributed by atoms with Crippen molar-refractivity contribution in [2.75, 3.05) is 12.4 Å². The first kappa shape index (κ1) is 17.2. The molecule has 3 atom stereocenters. The standard InChI is InChI=1S/C19H16Cl2N2O3/c1-26-16-8-7-15(23(24)25)17-11-3-2-4-12(11)18(22-19(16)17)13-6-5-10(20)9-14(13)21/h2-3,5-9,11-12,18,22H,4H2,1H3/t11-,12-,18+/m1/s1. The molecule has 4 rings (SSSR count). The van der Waals surface area contributed by atoms with Crippen LogP contribution in [0.3, 0.4) is 0 Å². The van der Waals surface area contributed by atoms with Gasteiger partial charge in [0.05, 0.1) is 29.3 Å². The van der Waals surface area contributed by atoms with Crippen molar-refractivity contribution in [3.05, 3.63) is 73.8 Å². The molecule has 0 fully saturated rings. The molecule has 0 aromatic heterocycles. The van der Waals surface area contributed by atoms with Gasteiger partial charge in [0.1, 0.15) is 5.75 Å². The molecule has 1 N–H and O–H groups in total. The second-order valence-electron chi connectivity index (χ2n) is 6.47. The number of ether oxygens (including phenoxy) is 1. The lowest BCUT2D eigenvalue weighted by Crippen LogP contribution is -2.30. The van der Waals surface area contributed by atoms with Crippen LogP contribution in [0.5, 0.6) is 5.75 Å². The predicted molar refractivity (Wildman–Crippen MR) is 102 cm³/mol. The minimum atomic E-state index is -0.335. The van der Waals surface area contributed by atoms with Crippen LogP contribution in [-0.2, 0) is 0 Å². The Labute approximate surface area is 160 Å². The maximum absolute atomic E-state index is 11.6. The van der Waals surface area contributed by atoms with E-state index in [1.54, 1.807) is 19.2 Å². The molecule has 1 aliphatic carbocycles. The third kappa shape index (κ3) is 2.63. The molecule has 1 heterocycles. The van der Waals surface area contributed by atoms with Crippen molar-refractivity contribution in [3.63, 3.8) is 0 Å². The number of halogens is 2. The first-order valence-electron chi connectivity index (χ1n) is 8.24. The molecule has 0 bridgehead atoms. The smallest absolute Gasteiger partial charge is 0.275 e. The zero-order valence-corrected chi connectivity index (χ0v) is 15.4. The topological polar surface area (TPSA) is 64.4 Å². The van der Waals surface area contributed by atoms with Gasteiger partial charge in [0, 0.05) is 22.0 Å². The number of allylic oxidation sites excluding steroid dienone is 2. The Hall–Kier alpha value is -2.24. The molecule has 2 aromatic rings. The van der Waals surface area contributed by atoms with E-state index >= 15 is 0 Å². The first-order chi connectivity index (χ1) is 12.5. The maximum Gasteiger partial charge on any atom is 0.275 e. The Morgan fingerprint density at radius 3 is 2.77 bits per heavy atom. The van der Waals surface area contributed by atoms with E-state index in [0.29, 0.717) is 27.0 Å². The van der Waals surface area contributed by atoms with Crippen LogP contribution in [0.25, 0.3) is 0 Å². The summed E-state index contributed by atoms with van der Waals surface area (Å²) in [5.74, 6) is 0.643. The van der Waals surface area contributed by atoms with Gasteiger partial charge in [-0.2, -0.15) is 0 Å². The number of nitro benzene ring substituents is 1. The molecule has 0 saturated heterocycles. The highest BCUT2D eigenvalue weighted by molar-refractivity contribution is 6.35. The predicted octanol–water partition coefficient (Wildman–Crippen LogP) is 5.74. The van der Waals surface area contributed by atoms with Crippen LogP contribution in [-0.4, -0.2) is 12.0 Å². The van der Waals surface area contributed by atoms with E-state index in [1.165, 1.54) is 6.07 Å². The monoisotopic (exact) mass is 390 g/mol. The summed E-state index contributed by atoms with van der Waals surface area (Å²) in [6.07, 6.45) is 4.94. The van der Waals surface area contributed by atoms with Gasteiger partial charge < -0.3 is 10.1 Å². The number of nitrogens with one attached hydrogen (secondary N) is 1. The Bertz CT molecular complexity index is 929. The molecule has 5 nitrogen and oxygen atoms in total. The van der Waals surface area contributed by atoms with Gasteiger partial charge in [0.25, 0.3) is 5.69 Å². The second-order valence-corrected chi connectivity index (χ2v) is 7.32. The van der Waals surface area contributed by atoms with Gasteiger partial charge in [0.15, 0.2) is 0 Å². The van der Waals surface area contributed by atoms with Crippen LogP contribution in [0.4, 0.5) is 11.4 Å². The minimum Gasteiger partial charge on any atom is -0.495 e. The first-order valence-corrected chi connectivity index (χ1v) is 9.00. The van der Waals surface area contributed by atoms with Crippen molar-refractivity contribution in [1.82, 2.24) is 0 Å². The van der Waals surface area contributed by atoms with E-state index in [4.69, 9.17) is 27.9 Å². The van der Waals surface area contributed by atoms with Crippen LogP contribution in [0, 0.1) is 16.0 Å². The molecule has 2 aromatic carbocycles. The van der Waals surface area contributed by atoms with Crippen LogP contribution < -0.4 is 10.1 Å². The summed E-state index contributed by atoms with van der Waals surface area (Å²) in [4.78, 5) is 11.2. The Balaban J connectivity index is 1.90. The molecule has 134 valence electrons. The third-order valence-corrected chi connectivity index (χ3v) is 5.74. The summed E-state index contributed by atoms with van der Waals surface area (Å²) in [7, 11) is 1.56. The summed E-state index contributed by atoms with van der Waals surface area (Å²) < 4.78 is 5.47. The summed E-state index contributed by atoms with van der Waals surface area (Å²) in [6, 6.07) is 8.48. The number of anilines is 1. The average molecular weight is 391 g/mol. The Kier molecular flexibility index (Phi) is 4.29. The van der Waals surface area contributed by atoms with Crippen molar-refractivity contribution in [2.45, 2.75) is 18.4 Å². The van der Waals surface area contributed by atoms with Gasteiger partial charge in [-0.3, -0.25) is 10.1 Å². The molecule has 26 heavy (non-hydrogen) atoms. The maximum atomic E-state index is 11.6. The molecule has 0 unspecified atom stereocenters. The number of methoxy groups -OCH3 is 1. The summed E-state index contributed by atoms with van der Waals surface area (Å²) in [5.41, 5.74) is 2.37. The van der Waals surface area contributed by atoms with Crippen molar-refractivity contribution in [3.8, 4) is 5.75 Å². The van der Waals surface area contributed by atoms with Gasteiger partial charge in [-0.15, -0.1) is 0 Å². The summed E-state index contributed by atoms with van der Waals surface area (Å²) >= 11 is 12.5. The van der Waals surface area contributed by atoms with Crippen molar-refractivity contribution in [2.24, 2.45) is 5.92 Å². The number of rotatable bonds is 3. The van der Waals surface area contributed by atoms with Crippen molar-refractivity contribution < 1.29 is 9.66 Å². The largest absolute Gasteiger partial charge is 0.495 e. The number of nitro groups is 1. The molecule has 1 aliphatic heterocycles. The van der Waals surface area contributed by atoms with Gasteiger partial charge in [-0.1, -0.05) is 41.4 Å². The molecule has 2 aliphatic rings. The van der Waals surface area contributed by atoms with Crippen LogP contribution >= 0.6 is 23.2 Å². The second kappa shape index (κ2) is 6.49. The van der Waals surface area contributed by atoms with Gasteiger partial charge >= 0.3 is 0 Å². The molecule has 7 heteroatoms. The van der Waals surface area contributed by atoms with E-state index in [0.717, 1.165) is 12.0 Å². The number of nitrogens with zero attached hydrogens (tertiary/aromatic N) is 1. The summed E-state index contributed by atoms with van der Waals surface area (Å²) in [6.45, 7) is 0. The van der Waals surface area contributed by atoms with Gasteiger partial charge in [-0.25, -0.2) is 0 Å². The molecular formula is C19H16Cl2N2O3. The van der Waals surface area contributed by atoms with E-state index < -0.39 is 0 Å². The molecule has 0 spiro atoms. The normalized spacial score (nSPS) is 23.1. The average Bonchev–Trinajstić information content (AvgIpc) is 3.10. The Morgan fingerprint density at radius 2 is 2.08 bits per heavy atom. The lowest BCUT2D eigenvalue weighted by Gasteiger charge is -2.38. The van der Waals surface area contributed by atoms with E-state index in [2.05, 4.69) is 11.4 Å². The van der Waals surface area contributed by atoms with E-state index in [1.807, 2.05) is 18.2 Å². The molecular weight excluding hydrogens is 375 g/mol. The van der Waals surface area contributed by atoms with Gasteiger partial charge in [-0.05, 0) is 36.1 Å². The molecule has 0 saturated carbocycles. The highest BCUT2D eigenvalue weighted by Crippen LogP contribution is 2.55. The number of benzene rings is 2. The zero-order valence-electron chi connectivity index (χ0n) is 13.9. The summed E-state index contributed by atoms with van der Waals surface area (Å²) in [5, 5.41) is 16.2. The fraction of sp³-hybridized carbons (Fsp3) is 0.263. The quantitative estimate of drug-likeness (QED) is 0.412. The van der Waals surface area contributed by atoms with Crippen molar-refractivity contribution >= 4 is 34.6 Å².